The average Bonchev–Trinajstić information content (AvgIpc) is 2.42. The van der Waals surface area contributed by atoms with Crippen LogP contribution in [0.2, 0.25) is 0 Å². The largest absolute Gasteiger partial charge is 0.508 e. The van der Waals surface area contributed by atoms with Gasteiger partial charge in [-0.1, -0.05) is 38.1 Å². The molecule has 106 valence electrons. The van der Waals surface area contributed by atoms with Gasteiger partial charge in [-0.3, -0.25) is 0 Å². The lowest BCUT2D eigenvalue weighted by Gasteiger charge is -2.12. The lowest BCUT2D eigenvalue weighted by Crippen LogP contribution is -2.01. The van der Waals surface area contributed by atoms with Crippen LogP contribution in [0.1, 0.15) is 42.0 Å². The van der Waals surface area contributed by atoms with Gasteiger partial charge in [0.2, 0.25) is 0 Å². The molecule has 2 nitrogen and oxygen atoms in total. The molecule has 0 aromatic heterocycles. The fourth-order valence-corrected chi connectivity index (χ4v) is 2.21. The molecule has 20 heavy (non-hydrogen) atoms. The molecule has 0 atom stereocenters. The van der Waals surface area contributed by atoms with Gasteiger partial charge in [0.15, 0.2) is 0 Å². The fraction of sp³-hybridized carbons (Fsp3) is 0.333. The molecular formula is C18H23NO. The Morgan fingerprint density at radius 2 is 1.65 bits per heavy atom. The maximum atomic E-state index is 9.66. The van der Waals surface area contributed by atoms with Gasteiger partial charge in [-0.2, -0.15) is 0 Å². The first-order valence-corrected chi connectivity index (χ1v) is 7.10. The summed E-state index contributed by atoms with van der Waals surface area (Å²) in [5, 5.41) is 13.1. The Morgan fingerprint density at radius 1 is 1.00 bits per heavy atom. The Morgan fingerprint density at radius 3 is 2.25 bits per heavy atom. The first-order valence-electron chi connectivity index (χ1n) is 7.10. The van der Waals surface area contributed by atoms with Crippen molar-refractivity contribution >= 4 is 5.69 Å². The molecular weight excluding hydrogens is 246 g/mol. The first-order chi connectivity index (χ1) is 9.47. The third kappa shape index (κ3) is 3.32. The Bertz CT molecular complexity index is 585. The summed E-state index contributed by atoms with van der Waals surface area (Å²) >= 11 is 0. The molecule has 2 heteroatoms. The highest BCUT2D eigenvalue weighted by molar-refractivity contribution is 5.56. The van der Waals surface area contributed by atoms with E-state index in [4.69, 9.17) is 0 Å². The van der Waals surface area contributed by atoms with E-state index in [0.717, 1.165) is 23.4 Å². The zero-order chi connectivity index (χ0) is 14.7. The van der Waals surface area contributed by atoms with Crippen LogP contribution in [0.3, 0.4) is 0 Å². The second kappa shape index (κ2) is 6.00. The summed E-state index contributed by atoms with van der Waals surface area (Å²) in [6.07, 6.45) is 0. The molecule has 0 amide bonds. The highest BCUT2D eigenvalue weighted by atomic mass is 16.3. The second-order valence-electron chi connectivity index (χ2n) is 5.70. The molecule has 0 saturated carbocycles. The van der Waals surface area contributed by atoms with Gasteiger partial charge < -0.3 is 10.4 Å². The second-order valence-corrected chi connectivity index (χ2v) is 5.70. The van der Waals surface area contributed by atoms with Crippen LogP contribution in [0, 0.1) is 13.8 Å². The van der Waals surface area contributed by atoms with Crippen molar-refractivity contribution in [2.45, 2.75) is 40.2 Å². The predicted molar refractivity (Wildman–Crippen MR) is 85.4 cm³/mol. The van der Waals surface area contributed by atoms with Crippen molar-refractivity contribution < 1.29 is 5.11 Å². The molecule has 0 aliphatic rings. The zero-order valence-electron chi connectivity index (χ0n) is 12.7. The number of aryl methyl sites for hydroxylation is 2. The van der Waals surface area contributed by atoms with E-state index in [1.54, 1.807) is 6.07 Å². The molecule has 0 fully saturated rings. The lowest BCUT2D eigenvalue weighted by molar-refractivity contribution is 0.471. The Kier molecular flexibility index (Phi) is 4.33. The molecule has 2 N–H and O–H groups in total. The van der Waals surface area contributed by atoms with Crippen LogP contribution in [0.4, 0.5) is 5.69 Å². The summed E-state index contributed by atoms with van der Waals surface area (Å²) < 4.78 is 0. The van der Waals surface area contributed by atoms with E-state index in [2.05, 4.69) is 43.4 Å². The lowest BCUT2D eigenvalue weighted by atomic mass is 10.0. The van der Waals surface area contributed by atoms with E-state index in [0.29, 0.717) is 11.7 Å². The van der Waals surface area contributed by atoms with E-state index in [1.807, 2.05) is 19.9 Å². The molecule has 0 spiro atoms. The van der Waals surface area contributed by atoms with Crippen LogP contribution in [0.5, 0.6) is 5.75 Å². The number of benzene rings is 2. The normalized spacial score (nSPS) is 10.8. The van der Waals surface area contributed by atoms with Crippen molar-refractivity contribution in [2.75, 3.05) is 5.32 Å². The summed E-state index contributed by atoms with van der Waals surface area (Å²) in [5.41, 5.74) is 5.67. The molecule has 0 radical (unpaired) electrons. The number of phenols is 1. The molecule has 2 aromatic rings. The summed E-state index contributed by atoms with van der Waals surface area (Å²) in [7, 11) is 0. The summed E-state index contributed by atoms with van der Waals surface area (Å²) in [5.74, 6) is 0.924. The Balaban J connectivity index is 2.07. The number of rotatable bonds is 4. The van der Waals surface area contributed by atoms with Crippen LogP contribution in [0.15, 0.2) is 36.4 Å². The van der Waals surface area contributed by atoms with Crippen LogP contribution >= 0.6 is 0 Å². The topological polar surface area (TPSA) is 32.3 Å². The van der Waals surface area contributed by atoms with Crippen molar-refractivity contribution in [1.29, 1.82) is 0 Å². The van der Waals surface area contributed by atoms with Gasteiger partial charge in [0.05, 0.1) is 0 Å². The average molecular weight is 269 g/mol. The predicted octanol–water partition coefficient (Wildman–Crippen LogP) is 4.74. The van der Waals surface area contributed by atoms with Crippen molar-refractivity contribution in [3.8, 4) is 5.75 Å². The smallest absolute Gasteiger partial charge is 0.118 e. The van der Waals surface area contributed by atoms with Crippen molar-refractivity contribution in [3.63, 3.8) is 0 Å². The van der Waals surface area contributed by atoms with E-state index < -0.39 is 0 Å². The van der Waals surface area contributed by atoms with E-state index in [-0.39, 0.29) is 0 Å². The van der Waals surface area contributed by atoms with Gasteiger partial charge >= 0.3 is 0 Å². The Labute approximate surface area is 121 Å². The fourth-order valence-electron chi connectivity index (χ4n) is 2.21. The molecule has 0 heterocycles. The molecule has 0 unspecified atom stereocenters. The van der Waals surface area contributed by atoms with Crippen LogP contribution in [-0.2, 0) is 6.54 Å². The van der Waals surface area contributed by atoms with E-state index in [1.165, 1.54) is 11.1 Å². The zero-order valence-corrected chi connectivity index (χ0v) is 12.7. The first kappa shape index (κ1) is 14.4. The van der Waals surface area contributed by atoms with E-state index in [9.17, 15) is 5.11 Å². The molecule has 0 aliphatic carbocycles. The van der Waals surface area contributed by atoms with Gasteiger partial charge in [-0.15, -0.1) is 0 Å². The number of anilines is 1. The van der Waals surface area contributed by atoms with Gasteiger partial charge in [-0.05, 0) is 54.2 Å². The van der Waals surface area contributed by atoms with Gasteiger partial charge in [0, 0.05) is 12.2 Å². The van der Waals surface area contributed by atoms with E-state index >= 15 is 0 Å². The standard InChI is InChI=1S/C18H23NO/c1-12(2)16-7-5-15(6-8-16)11-19-17-9-14(4)18(20)10-13(17)3/h5-10,12,19-20H,11H2,1-4H3. The van der Waals surface area contributed by atoms with Crippen LogP contribution in [0.25, 0.3) is 0 Å². The third-order valence-corrected chi connectivity index (χ3v) is 3.67. The minimum atomic E-state index is 0.356. The quantitative estimate of drug-likeness (QED) is 0.785. The maximum Gasteiger partial charge on any atom is 0.118 e. The Hall–Kier alpha value is -1.96. The highest BCUT2D eigenvalue weighted by Gasteiger charge is 2.04. The number of hydrogen-bond acceptors (Lipinski definition) is 2. The number of nitrogens with one attached hydrogen (secondary N) is 1. The summed E-state index contributed by atoms with van der Waals surface area (Å²) in [6, 6.07) is 12.5. The van der Waals surface area contributed by atoms with Crippen molar-refractivity contribution in [1.82, 2.24) is 0 Å². The van der Waals surface area contributed by atoms with Crippen LogP contribution < -0.4 is 5.32 Å². The molecule has 0 bridgehead atoms. The van der Waals surface area contributed by atoms with Crippen molar-refractivity contribution in [3.05, 3.63) is 58.7 Å². The number of phenolic OH excluding ortho intramolecular Hbond substituents is 1. The minimum absolute atomic E-state index is 0.356. The summed E-state index contributed by atoms with van der Waals surface area (Å²) in [6.45, 7) is 9.12. The van der Waals surface area contributed by atoms with Gasteiger partial charge in [0.25, 0.3) is 0 Å². The maximum absolute atomic E-state index is 9.66. The molecule has 0 aliphatic heterocycles. The number of hydrogen-bond donors (Lipinski definition) is 2. The number of aromatic hydroxyl groups is 1. The summed E-state index contributed by atoms with van der Waals surface area (Å²) in [4.78, 5) is 0. The van der Waals surface area contributed by atoms with Crippen molar-refractivity contribution in [2.24, 2.45) is 0 Å². The van der Waals surface area contributed by atoms with Gasteiger partial charge in [0.1, 0.15) is 5.75 Å². The molecule has 0 saturated heterocycles. The molecule has 2 rings (SSSR count). The highest BCUT2D eigenvalue weighted by Crippen LogP contribution is 2.25. The van der Waals surface area contributed by atoms with Gasteiger partial charge in [-0.25, -0.2) is 0 Å². The minimum Gasteiger partial charge on any atom is -0.508 e. The monoisotopic (exact) mass is 269 g/mol. The van der Waals surface area contributed by atoms with Crippen LogP contribution in [-0.4, -0.2) is 5.11 Å². The SMILES string of the molecule is Cc1cc(NCc2ccc(C(C)C)cc2)c(C)cc1O. The third-order valence-electron chi connectivity index (χ3n) is 3.67. The molecule has 2 aromatic carbocycles.